The fourth-order valence-electron chi connectivity index (χ4n) is 2.41. The third-order valence-electron chi connectivity index (χ3n) is 3.96. The Labute approximate surface area is 148 Å². The number of aliphatic imine (C=N–C) groups is 1. The number of sulfonamides is 1. The molecule has 0 amide bonds. The second kappa shape index (κ2) is 7.81. The van der Waals surface area contributed by atoms with Crippen molar-refractivity contribution in [3.8, 4) is 0 Å². The van der Waals surface area contributed by atoms with Crippen molar-refractivity contribution in [1.29, 1.82) is 0 Å². The maximum Gasteiger partial charge on any atom is 0.252 e. The number of rotatable bonds is 6. The maximum atomic E-state index is 12.1. The van der Waals surface area contributed by atoms with Gasteiger partial charge in [-0.2, -0.15) is 0 Å². The van der Waals surface area contributed by atoms with Gasteiger partial charge in [0.2, 0.25) is 0 Å². The quantitative estimate of drug-likeness (QED) is 0.578. The largest absolute Gasteiger partial charge is 0.373 e. The first-order valence-corrected chi connectivity index (χ1v) is 10.1. The molecule has 2 heterocycles. The number of nitrogens with zero attached hydrogens (tertiary/aromatic N) is 2. The Kier molecular flexibility index (Phi) is 6.24. The summed E-state index contributed by atoms with van der Waals surface area (Å²) < 4.78 is 31.5. The monoisotopic (exact) mass is 374 g/mol. The van der Waals surface area contributed by atoms with Gasteiger partial charge in [-0.3, -0.25) is 4.99 Å². The summed E-state index contributed by atoms with van der Waals surface area (Å²) in [6.45, 7) is 4.11. The van der Waals surface area contributed by atoms with Crippen LogP contribution in [0.2, 0.25) is 0 Å². The van der Waals surface area contributed by atoms with Crippen LogP contribution >= 0.6 is 11.3 Å². The van der Waals surface area contributed by atoms with E-state index < -0.39 is 10.0 Å². The lowest BCUT2D eigenvalue weighted by molar-refractivity contribution is 0.0243. The average molecular weight is 375 g/mol. The summed E-state index contributed by atoms with van der Waals surface area (Å²) in [5.41, 5.74) is -0.145. The summed E-state index contributed by atoms with van der Waals surface area (Å²) >= 11 is 1.26. The summed E-state index contributed by atoms with van der Waals surface area (Å²) in [5.74, 6) is 0.678. The average Bonchev–Trinajstić information content (AvgIpc) is 3.17. The first-order chi connectivity index (χ1) is 11.3. The lowest BCUT2D eigenvalue weighted by Gasteiger charge is -2.24. The third kappa shape index (κ3) is 4.69. The van der Waals surface area contributed by atoms with Crippen molar-refractivity contribution in [3.63, 3.8) is 0 Å². The van der Waals surface area contributed by atoms with E-state index in [0.717, 1.165) is 24.3 Å². The fourth-order valence-corrected chi connectivity index (χ4v) is 4.87. The van der Waals surface area contributed by atoms with Crippen LogP contribution in [0.1, 0.15) is 24.6 Å². The summed E-state index contributed by atoms with van der Waals surface area (Å²) in [6.07, 6.45) is 2.12. The predicted octanol–water partition coefficient (Wildman–Crippen LogP) is 1.23. The third-order valence-corrected chi connectivity index (χ3v) is 7.32. The van der Waals surface area contributed by atoms with Crippen molar-refractivity contribution in [2.75, 3.05) is 34.3 Å². The van der Waals surface area contributed by atoms with Crippen LogP contribution in [0.3, 0.4) is 0 Å². The Morgan fingerprint density at radius 2 is 2.17 bits per heavy atom. The zero-order valence-electron chi connectivity index (χ0n) is 14.6. The topological polar surface area (TPSA) is 83.0 Å². The standard InChI is InChI=1S/C15H26N4O3S2/c1-15(8-5-9-22-15)11-18-14(16-2)17-10-12-6-7-13(23-12)24(20,21)19(3)4/h6-7H,5,8-11H2,1-4H3,(H2,16,17,18). The van der Waals surface area contributed by atoms with Crippen molar-refractivity contribution in [1.82, 2.24) is 14.9 Å². The molecule has 9 heteroatoms. The van der Waals surface area contributed by atoms with Gasteiger partial charge in [-0.15, -0.1) is 11.3 Å². The molecule has 1 fully saturated rings. The molecular weight excluding hydrogens is 348 g/mol. The Balaban J connectivity index is 1.89. The highest BCUT2D eigenvalue weighted by molar-refractivity contribution is 7.91. The van der Waals surface area contributed by atoms with E-state index in [1.165, 1.54) is 29.7 Å². The van der Waals surface area contributed by atoms with Crippen LogP contribution in [0.4, 0.5) is 0 Å². The molecule has 1 aromatic heterocycles. The van der Waals surface area contributed by atoms with E-state index in [-0.39, 0.29) is 5.60 Å². The minimum atomic E-state index is -3.37. The number of hydrogen-bond donors (Lipinski definition) is 2. The molecule has 7 nitrogen and oxygen atoms in total. The Morgan fingerprint density at radius 3 is 2.75 bits per heavy atom. The molecule has 0 aromatic carbocycles. The van der Waals surface area contributed by atoms with E-state index in [4.69, 9.17) is 4.74 Å². The normalized spacial score (nSPS) is 22.1. The highest BCUT2D eigenvalue weighted by Gasteiger charge is 2.29. The van der Waals surface area contributed by atoms with Gasteiger partial charge in [0, 0.05) is 39.2 Å². The lowest BCUT2D eigenvalue weighted by Crippen LogP contribution is -2.45. The number of guanidine groups is 1. The molecule has 1 saturated heterocycles. The van der Waals surface area contributed by atoms with E-state index in [0.29, 0.717) is 23.3 Å². The van der Waals surface area contributed by atoms with Crippen molar-refractivity contribution in [2.24, 2.45) is 4.99 Å². The number of ether oxygens (including phenoxy) is 1. The van der Waals surface area contributed by atoms with E-state index in [1.54, 1.807) is 13.1 Å². The van der Waals surface area contributed by atoms with Gasteiger partial charge in [0.05, 0.1) is 12.1 Å². The van der Waals surface area contributed by atoms with Crippen LogP contribution in [0.5, 0.6) is 0 Å². The number of nitrogens with one attached hydrogen (secondary N) is 2. The van der Waals surface area contributed by atoms with E-state index in [2.05, 4.69) is 22.5 Å². The summed E-state index contributed by atoms with van der Waals surface area (Å²) in [6, 6.07) is 3.46. The van der Waals surface area contributed by atoms with Gasteiger partial charge in [-0.1, -0.05) is 0 Å². The van der Waals surface area contributed by atoms with Crippen molar-refractivity contribution in [3.05, 3.63) is 17.0 Å². The molecule has 1 atom stereocenters. The first-order valence-electron chi connectivity index (χ1n) is 7.86. The SMILES string of the molecule is CN=C(NCc1ccc(S(=O)(=O)N(C)C)s1)NCC1(C)CCCO1. The minimum Gasteiger partial charge on any atom is -0.373 e. The van der Waals surface area contributed by atoms with E-state index in [1.807, 2.05) is 6.07 Å². The summed E-state index contributed by atoms with van der Waals surface area (Å²) in [7, 11) is 1.41. The van der Waals surface area contributed by atoms with Crippen LogP contribution in [-0.2, 0) is 21.3 Å². The lowest BCUT2D eigenvalue weighted by atomic mass is 10.0. The van der Waals surface area contributed by atoms with Crippen LogP contribution in [0.25, 0.3) is 0 Å². The molecule has 1 unspecified atom stereocenters. The zero-order valence-corrected chi connectivity index (χ0v) is 16.3. The molecule has 24 heavy (non-hydrogen) atoms. The van der Waals surface area contributed by atoms with Crippen LogP contribution < -0.4 is 10.6 Å². The molecule has 1 aromatic rings. The first kappa shape index (κ1) is 19.2. The van der Waals surface area contributed by atoms with Gasteiger partial charge in [0.15, 0.2) is 5.96 Å². The Morgan fingerprint density at radius 1 is 1.42 bits per heavy atom. The summed E-state index contributed by atoms with van der Waals surface area (Å²) in [5, 5.41) is 6.48. The van der Waals surface area contributed by atoms with Crippen molar-refractivity contribution in [2.45, 2.75) is 36.1 Å². The molecular formula is C15H26N4O3S2. The molecule has 2 rings (SSSR count). The van der Waals surface area contributed by atoms with Crippen molar-refractivity contribution >= 4 is 27.3 Å². The van der Waals surface area contributed by atoms with Gasteiger partial charge in [-0.05, 0) is 31.9 Å². The van der Waals surface area contributed by atoms with Gasteiger partial charge in [0.1, 0.15) is 4.21 Å². The van der Waals surface area contributed by atoms with Gasteiger partial charge < -0.3 is 15.4 Å². The van der Waals surface area contributed by atoms with Gasteiger partial charge in [-0.25, -0.2) is 12.7 Å². The highest BCUT2D eigenvalue weighted by atomic mass is 32.2. The molecule has 0 radical (unpaired) electrons. The zero-order chi connectivity index (χ0) is 17.8. The molecule has 0 bridgehead atoms. The number of hydrogen-bond acceptors (Lipinski definition) is 5. The Hall–Kier alpha value is -1.16. The molecule has 2 N–H and O–H groups in total. The summed E-state index contributed by atoms with van der Waals surface area (Å²) in [4.78, 5) is 5.13. The minimum absolute atomic E-state index is 0.145. The second-order valence-corrected chi connectivity index (χ2v) is 9.74. The van der Waals surface area contributed by atoms with Crippen molar-refractivity contribution < 1.29 is 13.2 Å². The van der Waals surface area contributed by atoms with E-state index in [9.17, 15) is 8.42 Å². The smallest absolute Gasteiger partial charge is 0.252 e. The molecule has 0 saturated carbocycles. The van der Waals surface area contributed by atoms with Gasteiger partial charge in [0.25, 0.3) is 10.0 Å². The fraction of sp³-hybridized carbons (Fsp3) is 0.667. The predicted molar refractivity (Wildman–Crippen MR) is 97.0 cm³/mol. The molecule has 1 aliphatic heterocycles. The van der Waals surface area contributed by atoms with Crippen LogP contribution in [0.15, 0.2) is 21.3 Å². The number of thiophene rings is 1. The molecule has 1 aliphatic rings. The second-order valence-electron chi connectivity index (χ2n) is 6.19. The highest BCUT2D eigenvalue weighted by Crippen LogP contribution is 2.24. The van der Waals surface area contributed by atoms with Crippen LogP contribution in [-0.4, -0.2) is 58.6 Å². The Bertz CT molecular complexity index is 677. The van der Waals surface area contributed by atoms with E-state index >= 15 is 0 Å². The van der Waals surface area contributed by atoms with Gasteiger partial charge >= 0.3 is 0 Å². The maximum absolute atomic E-state index is 12.1. The molecule has 0 spiro atoms. The molecule has 0 aliphatic carbocycles. The van der Waals surface area contributed by atoms with Crippen LogP contribution in [0, 0.1) is 0 Å². The molecule has 136 valence electrons.